The minimum Gasteiger partial charge on any atom is -0.478 e. The van der Waals surface area contributed by atoms with E-state index in [0.29, 0.717) is 6.07 Å². The largest absolute Gasteiger partial charge is 0.478 e. The molecule has 3 aromatic rings. The molecule has 0 saturated carbocycles. The fourth-order valence-electron chi connectivity index (χ4n) is 3.99. The minimum atomic E-state index is -2.52. The van der Waals surface area contributed by atoms with E-state index in [-0.39, 0.29) is 18.6 Å². The van der Waals surface area contributed by atoms with Gasteiger partial charge in [0, 0.05) is 18.4 Å². The third kappa shape index (κ3) is 4.27. The van der Waals surface area contributed by atoms with Crippen LogP contribution in [0.15, 0.2) is 60.7 Å². The zero-order valence-corrected chi connectivity index (χ0v) is 17.1. The highest BCUT2D eigenvalue weighted by atomic mass is 19.2. The summed E-state index contributed by atoms with van der Waals surface area (Å²) < 4.78 is 45.9. The van der Waals surface area contributed by atoms with Gasteiger partial charge in [-0.1, -0.05) is 48.5 Å². The number of nitrogens with two attached hydrogens (primary N) is 1. The van der Waals surface area contributed by atoms with E-state index in [4.69, 9.17) is 10.5 Å². The first-order chi connectivity index (χ1) is 15.7. The number of amides is 1. The fourth-order valence-corrected chi connectivity index (χ4v) is 3.99. The van der Waals surface area contributed by atoms with E-state index in [9.17, 15) is 27.9 Å². The zero-order chi connectivity index (χ0) is 23.8. The Morgan fingerprint density at radius 3 is 2.06 bits per heavy atom. The molecule has 6 nitrogen and oxygen atoms in total. The molecule has 0 aliphatic heterocycles. The quantitative estimate of drug-likeness (QED) is 0.386. The number of fused-ring (bicyclic) bond motifs is 3. The maximum absolute atomic E-state index is 14.0. The molecule has 0 spiro atoms. The molecule has 1 aliphatic rings. The predicted octanol–water partition coefficient (Wildman–Crippen LogP) is 3.92. The summed E-state index contributed by atoms with van der Waals surface area (Å²) in [4.78, 5) is 24.2. The Balaban J connectivity index is 1.49. The SMILES string of the molecule is N[C@@](Cc1cc(F)c(F)cc1F)(NC(=O)OCC1c2ccccc2-c2ccccc21)C(=O)O. The van der Waals surface area contributed by atoms with E-state index in [1.807, 2.05) is 53.8 Å². The smallest absolute Gasteiger partial charge is 0.409 e. The van der Waals surface area contributed by atoms with Crippen molar-refractivity contribution in [3.63, 3.8) is 0 Å². The van der Waals surface area contributed by atoms with Crippen LogP contribution >= 0.6 is 0 Å². The summed E-state index contributed by atoms with van der Waals surface area (Å²) in [6, 6.07) is 16.0. The number of aliphatic carboxylic acids is 1. The second-order valence-electron chi connectivity index (χ2n) is 7.76. The molecule has 1 aliphatic carbocycles. The molecule has 3 aromatic carbocycles. The van der Waals surface area contributed by atoms with Gasteiger partial charge in [-0.2, -0.15) is 0 Å². The molecule has 0 heterocycles. The van der Waals surface area contributed by atoms with Gasteiger partial charge in [-0.3, -0.25) is 11.1 Å². The Morgan fingerprint density at radius 1 is 0.939 bits per heavy atom. The summed E-state index contributed by atoms with van der Waals surface area (Å²) in [5, 5.41) is 11.5. The maximum Gasteiger partial charge on any atom is 0.409 e. The monoisotopic (exact) mass is 456 g/mol. The van der Waals surface area contributed by atoms with E-state index in [1.54, 1.807) is 0 Å². The van der Waals surface area contributed by atoms with Crippen LogP contribution in [0.1, 0.15) is 22.6 Å². The first-order valence-corrected chi connectivity index (χ1v) is 9.98. The number of hydrogen-bond donors (Lipinski definition) is 3. The second kappa shape index (κ2) is 8.59. The predicted molar refractivity (Wildman–Crippen MR) is 113 cm³/mol. The number of hydrogen-bond acceptors (Lipinski definition) is 4. The first kappa shape index (κ1) is 22.3. The number of carboxylic acid groups (broad SMARTS) is 1. The standard InChI is InChI=1S/C24H19F3N2O4/c25-19-10-21(27)20(26)9-13(19)11-24(28,22(30)31)29-23(32)33-12-18-16-7-3-1-5-14(16)15-6-2-4-8-17(15)18/h1-10,18H,11-12,28H2,(H,29,32)(H,30,31)/t24-/m0/s1. The number of rotatable bonds is 6. The van der Waals surface area contributed by atoms with Crippen molar-refractivity contribution in [1.29, 1.82) is 0 Å². The molecule has 4 N–H and O–H groups in total. The lowest BCUT2D eigenvalue weighted by Crippen LogP contribution is -2.63. The molecule has 0 unspecified atom stereocenters. The van der Waals surface area contributed by atoms with Crippen LogP contribution in [-0.2, 0) is 16.0 Å². The van der Waals surface area contributed by atoms with Gasteiger partial charge in [-0.25, -0.2) is 22.8 Å². The van der Waals surface area contributed by atoms with Gasteiger partial charge in [-0.05, 0) is 33.9 Å². The molecule has 1 atom stereocenters. The van der Waals surface area contributed by atoms with Gasteiger partial charge in [0.15, 0.2) is 17.3 Å². The number of benzene rings is 3. The van der Waals surface area contributed by atoms with Crippen LogP contribution in [-0.4, -0.2) is 29.4 Å². The zero-order valence-electron chi connectivity index (χ0n) is 17.1. The molecule has 4 rings (SSSR count). The summed E-state index contributed by atoms with van der Waals surface area (Å²) in [6.07, 6.45) is -1.99. The lowest BCUT2D eigenvalue weighted by molar-refractivity contribution is -0.144. The second-order valence-corrected chi connectivity index (χ2v) is 7.76. The number of ether oxygens (including phenoxy) is 1. The van der Waals surface area contributed by atoms with Crippen molar-refractivity contribution in [3.05, 3.63) is 94.8 Å². The van der Waals surface area contributed by atoms with Gasteiger partial charge in [0.05, 0.1) is 0 Å². The van der Waals surface area contributed by atoms with E-state index in [1.165, 1.54) is 0 Å². The third-order valence-corrected chi connectivity index (χ3v) is 5.61. The van der Waals surface area contributed by atoms with Gasteiger partial charge in [-0.15, -0.1) is 0 Å². The number of halogens is 3. The van der Waals surface area contributed by atoms with Crippen molar-refractivity contribution >= 4 is 12.1 Å². The van der Waals surface area contributed by atoms with Crippen LogP contribution in [0.2, 0.25) is 0 Å². The summed E-state index contributed by atoms with van der Waals surface area (Å²) in [7, 11) is 0. The van der Waals surface area contributed by atoms with E-state index in [2.05, 4.69) is 0 Å². The van der Waals surface area contributed by atoms with Crippen molar-refractivity contribution in [2.24, 2.45) is 5.73 Å². The van der Waals surface area contributed by atoms with Crippen molar-refractivity contribution in [1.82, 2.24) is 5.32 Å². The Bertz CT molecular complexity index is 1200. The summed E-state index contributed by atoms with van der Waals surface area (Å²) in [5.74, 6) is -5.98. The number of nitrogens with one attached hydrogen (secondary N) is 1. The van der Waals surface area contributed by atoms with Gasteiger partial charge in [0.25, 0.3) is 0 Å². The Morgan fingerprint density at radius 2 is 1.48 bits per heavy atom. The van der Waals surface area contributed by atoms with E-state index < -0.39 is 47.2 Å². The van der Waals surface area contributed by atoms with Gasteiger partial charge < -0.3 is 9.84 Å². The van der Waals surface area contributed by atoms with Crippen molar-refractivity contribution in [3.8, 4) is 11.1 Å². The number of alkyl carbamates (subject to hydrolysis) is 1. The normalized spacial score (nSPS) is 14.2. The van der Waals surface area contributed by atoms with Gasteiger partial charge in [0.2, 0.25) is 0 Å². The first-order valence-electron chi connectivity index (χ1n) is 9.98. The Hall–Kier alpha value is -3.85. The Labute approximate surface area is 186 Å². The average Bonchev–Trinajstić information content (AvgIpc) is 3.10. The van der Waals surface area contributed by atoms with Crippen molar-refractivity contribution < 1.29 is 32.6 Å². The maximum atomic E-state index is 14.0. The number of carbonyl (C=O) groups excluding carboxylic acids is 1. The molecule has 1 amide bonds. The Kier molecular flexibility index (Phi) is 5.82. The summed E-state index contributed by atoms with van der Waals surface area (Å²) >= 11 is 0. The highest BCUT2D eigenvalue weighted by Gasteiger charge is 2.38. The van der Waals surface area contributed by atoms with Crippen LogP contribution in [0.3, 0.4) is 0 Å². The molecule has 0 bridgehead atoms. The fraction of sp³-hybridized carbons (Fsp3) is 0.167. The van der Waals surface area contributed by atoms with Gasteiger partial charge in [0.1, 0.15) is 12.4 Å². The highest BCUT2D eigenvalue weighted by Crippen LogP contribution is 2.44. The molecule has 33 heavy (non-hydrogen) atoms. The molecule has 0 saturated heterocycles. The average molecular weight is 456 g/mol. The van der Waals surface area contributed by atoms with Crippen molar-refractivity contribution in [2.45, 2.75) is 18.0 Å². The molecule has 170 valence electrons. The van der Waals surface area contributed by atoms with Gasteiger partial charge >= 0.3 is 12.1 Å². The molecule has 0 aromatic heterocycles. The van der Waals surface area contributed by atoms with Crippen LogP contribution in [0.5, 0.6) is 0 Å². The topological polar surface area (TPSA) is 102 Å². The van der Waals surface area contributed by atoms with Crippen molar-refractivity contribution in [2.75, 3.05) is 6.61 Å². The minimum absolute atomic E-state index is 0.102. The molecular weight excluding hydrogens is 437 g/mol. The summed E-state index contributed by atoms with van der Waals surface area (Å²) in [6.45, 7) is -0.102. The van der Waals surface area contributed by atoms with Crippen LogP contribution in [0.4, 0.5) is 18.0 Å². The van der Waals surface area contributed by atoms with E-state index in [0.717, 1.165) is 22.3 Å². The number of carboxylic acids is 1. The molecule has 0 fully saturated rings. The lowest BCUT2D eigenvalue weighted by Gasteiger charge is -2.26. The van der Waals surface area contributed by atoms with Crippen LogP contribution < -0.4 is 11.1 Å². The third-order valence-electron chi connectivity index (χ3n) is 5.61. The number of carbonyl (C=O) groups is 2. The molecule has 0 radical (unpaired) electrons. The van der Waals surface area contributed by atoms with Crippen LogP contribution in [0, 0.1) is 17.5 Å². The van der Waals surface area contributed by atoms with E-state index >= 15 is 0 Å². The highest BCUT2D eigenvalue weighted by molar-refractivity contribution is 5.84. The van der Waals surface area contributed by atoms with Crippen LogP contribution in [0.25, 0.3) is 11.1 Å². The summed E-state index contributed by atoms with van der Waals surface area (Å²) in [5.41, 5.74) is 6.66. The lowest BCUT2D eigenvalue weighted by atomic mass is 9.98. The molecule has 9 heteroatoms. The molecular formula is C24H19F3N2O4.